The lowest BCUT2D eigenvalue weighted by atomic mass is 9.85. The quantitative estimate of drug-likeness (QED) is 0.767. The van der Waals surface area contributed by atoms with Gasteiger partial charge in [-0.25, -0.2) is 0 Å². The van der Waals surface area contributed by atoms with Crippen LogP contribution in [0.4, 0.5) is 0 Å². The summed E-state index contributed by atoms with van der Waals surface area (Å²) in [6.45, 7) is 3.92. The Kier molecular flexibility index (Phi) is 7.27. The number of aromatic hydroxyl groups is 2. The Morgan fingerprint density at radius 1 is 1.17 bits per heavy atom. The molecule has 132 valence electrons. The van der Waals surface area contributed by atoms with Gasteiger partial charge in [-0.1, -0.05) is 37.3 Å². The van der Waals surface area contributed by atoms with Gasteiger partial charge in [0, 0.05) is 24.6 Å². The van der Waals surface area contributed by atoms with Crippen LogP contribution in [0.1, 0.15) is 35.1 Å². The zero-order chi connectivity index (χ0) is 15.7. The van der Waals surface area contributed by atoms with Crippen LogP contribution < -0.4 is 0 Å². The van der Waals surface area contributed by atoms with Crippen molar-refractivity contribution in [2.24, 2.45) is 0 Å². The summed E-state index contributed by atoms with van der Waals surface area (Å²) in [5, 5.41) is 20.4. The van der Waals surface area contributed by atoms with Gasteiger partial charge in [0.1, 0.15) is 0 Å². The summed E-state index contributed by atoms with van der Waals surface area (Å²) in [5.41, 5.74) is 4.51. The molecule has 0 saturated carbocycles. The van der Waals surface area contributed by atoms with Crippen molar-refractivity contribution in [1.82, 2.24) is 4.90 Å². The van der Waals surface area contributed by atoms with Crippen LogP contribution in [-0.4, -0.2) is 40.7 Å². The van der Waals surface area contributed by atoms with E-state index in [1.165, 1.54) is 11.1 Å². The van der Waals surface area contributed by atoms with Crippen LogP contribution in [0, 0.1) is 0 Å². The molecule has 24 heavy (non-hydrogen) atoms. The molecule has 1 atom stereocenters. The van der Waals surface area contributed by atoms with Crippen LogP contribution >= 0.6 is 17.0 Å². The van der Waals surface area contributed by atoms with Crippen molar-refractivity contribution in [3.8, 4) is 11.5 Å². The van der Waals surface area contributed by atoms with Crippen molar-refractivity contribution in [2.75, 3.05) is 20.1 Å². The van der Waals surface area contributed by atoms with Gasteiger partial charge in [-0.05, 0) is 42.6 Å². The molecule has 0 saturated heterocycles. The van der Waals surface area contributed by atoms with Crippen LogP contribution in [0.2, 0.25) is 0 Å². The lowest BCUT2D eigenvalue weighted by Crippen LogP contribution is -2.24. The first kappa shape index (κ1) is 20.5. The second-order valence-corrected chi connectivity index (χ2v) is 6.12. The topological polar surface area (TPSA) is 75.2 Å². The summed E-state index contributed by atoms with van der Waals surface area (Å²) in [6.07, 6.45) is 1.64. The number of nitrogens with zero attached hydrogens (tertiary/aromatic N) is 1. The number of benzene rings is 2. The minimum absolute atomic E-state index is 0. The van der Waals surface area contributed by atoms with Gasteiger partial charge in [0.25, 0.3) is 0 Å². The third kappa shape index (κ3) is 3.74. The summed E-state index contributed by atoms with van der Waals surface area (Å²) >= 11 is 0. The first-order valence-electron chi connectivity index (χ1n) is 7.91. The van der Waals surface area contributed by atoms with Crippen LogP contribution in [0.5, 0.6) is 11.5 Å². The van der Waals surface area contributed by atoms with E-state index in [0.29, 0.717) is 0 Å². The van der Waals surface area contributed by atoms with E-state index in [9.17, 15) is 10.2 Å². The van der Waals surface area contributed by atoms with E-state index < -0.39 is 0 Å². The molecule has 0 aromatic heterocycles. The fourth-order valence-electron chi connectivity index (χ4n) is 3.54. The van der Waals surface area contributed by atoms with E-state index in [1.54, 1.807) is 6.07 Å². The highest BCUT2D eigenvalue weighted by atomic mass is 79.9. The highest BCUT2D eigenvalue weighted by Gasteiger charge is 2.27. The van der Waals surface area contributed by atoms with Crippen molar-refractivity contribution in [2.45, 2.75) is 25.7 Å². The Labute approximate surface area is 153 Å². The van der Waals surface area contributed by atoms with Crippen molar-refractivity contribution in [3.63, 3.8) is 0 Å². The molecule has 1 heterocycles. The highest BCUT2D eigenvalue weighted by molar-refractivity contribution is 8.93. The maximum Gasteiger partial charge on any atom is 0.160 e. The number of fused-ring (bicyclic) bond motifs is 1. The number of hydrogen-bond donors (Lipinski definition) is 2. The molecular formula is C19H26BrNO3. The molecule has 0 radical (unpaired) electrons. The summed E-state index contributed by atoms with van der Waals surface area (Å²) in [5.74, 6) is 0.277. The molecule has 4 N–H and O–H groups in total. The van der Waals surface area contributed by atoms with Crippen molar-refractivity contribution >= 4 is 17.0 Å². The monoisotopic (exact) mass is 395 g/mol. The second kappa shape index (κ2) is 8.51. The molecule has 0 amide bonds. The fourth-order valence-corrected chi connectivity index (χ4v) is 3.54. The minimum Gasteiger partial charge on any atom is -0.504 e. The fraction of sp³-hybridized carbons (Fsp3) is 0.368. The Morgan fingerprint density at radius 2 is 1.83 bits per heavy atom. The molecule has 0 spiro atoms. The van der Waals surface area contributed by atoms with Crippen molar-refractivity contribution in [3.05, 3.63) is 58.7 Å². The van der Waals surface area contributed by atoms with Crippen LogP contribution in [0.3, 0.4) is 0 Å². The normalized spacial score (nSPS) is 17.2. The largest absolute Gasteiger partial charge is 0.504 e. The molecule has 0 bridgehead atoms. The zero-order valence-electron chi connectivity index (χ0n) is 14.1. The summed E-state index contributed by atoms with van der Waals surface area (Å²) in [4.78, 5) is 2.32. The first-order chi connectivity index (χ1) is 10.6. The maximum atomic E-state index is 10.2. The van der Waals surface area contributed by atoms with Crippen molar-refractivity contribution in [1.29, 1.82) is 0 Å². The molecule has 1 aliphatic rings. The molecular weight excluding hydrogens is 370 g/mol. The minimum atomic E-state index is 0. The summed E-state index contributed by atoms with van der Waals surface area (Å²) < 4.78 is 0. The number of rotatable bonds is 2. The van der Waals surface area contributed by atoms with E-state index in [-0.39, 0.29) is 39.9 Å². The lowest BCUT2D eigenvalue weighted by Gasteiger charge is -2.23. The van der Waals surface area contributed by atoms with Crippen LogP contribution in [-0.2, 0) is 12.8 Å². The van der Waals surface area contributed by atoms with E-state index in [4.69, 9.17) is 0 Å². The molecule has 1 unspecified atom stereocenters. The van der Waals surface area contributed by atoms with E-state index in [1.807, 2.05) is 13.0 Å². The maximum absolute atomic E-state index is 10.2. The van der Waals surface area contributed by atoms with Crippen LogP contribution in [0.25, 0.3) is 0 Å². The number of hydrogen-bond acceptors (Lipinski definition) is 3. The second-order valence-electron chi connectivity index (χ2n) is 6.12. The molecule has 0 aliphatic carbocycles. The third-order valence-corrected chi connectivity index (χ3v) is 4.70. The first-order valence-corrected chi connectivity index (χ1v) is 7.91. The molecule has 2 aromatic carbocycles. The predicted octanol–water partition coefficient (Wildman–Crippen LogP) is 3.03. The average Bonchev–Trinajstić information content (AvgIpc) is 2.69. The van der Waals surface area contributed by atoms with Gasteiger partial charge in [0.05, 0.1) is 0 Å². The van der Waals surface area contributed by atoms with E-state index in [0.717, 1.165) is 37.1 Å². The highest BCUT2D eigenvalue weighted by Crippen LogP contribution is 2.41. The predicted molar refractivity (Wildman–Crippen MR) is 103 cm³/mol. The Bertz CT molecular complexity index is 676. The van der Waals surface area contributed by atoms with Gasteiger partial charge in [0.15, 0.2) is 11.5 Å². The molecule has 2 aromatic rings. The summed E-state index contributed by atoms with van der Waals surface area (Å²) in [6, 6.07) is 12.2. The van der Waals surface area contributed by atoms with E-state index >= 15 is 0 Å². The summed E-state index contributed by atoms with van der Waals surface area (Å²) in [7, 11) is 2.13. The number of phenolic OH excluding ortho intramolecular Hbond substituents is 2. The number of phenols is 2. The molecule has 0 fully saturated rings. The van der Waals surface area contributed by atoms with Gasteiger partial charge in [-0.2, -0.15) is 0 Å². The van der Waals surface area contributed by atoms with Gasteiger partial charge < -0.3 is 20.6 Å². The zero-order valence-corrected chi connectivity index (χ0v) is 15.8. The van der Waals surface area contributed by atoms with Gasteiger partial charge >= 0.3 is 0 Å². The molecule has 5 heteroatoms. The third-order valence-electron chi connectivity index (χ3n) is 4.70. The smallest absolute Gasteiger partial charge is 0.160 e. The van der Waals surface area contributed by atoms with Gasteiger partial charge in [-0.15, -0.1) is 17.0 Å². The van der Waals surface area contributed by atoms with Crippen LogP contribution in [0.15, 0.2) is 36.4 Å². The Morgan fingerprint density at radius 3 is 2.46 bits per heavy atom. The molecule has 1 aliphatic heterocycles. The number of halogens is 1. The SMILES string of the molecule is Br.CCc1c(O)c(O)cc2c1CCN(C)CC2c1ccccc1.O. The number of likely N-dealkylation sites (N-methyl/N-ethyl adjacent to an activating group) is 1. The van der Waals surface area contributed by atoms with E-state index in [2.05, 4.69) is 36.2 Å². The molecule has 4 nitrogen and oxygen atoms in total. The van der Waals surface area contributed by atoms with Gasteiger partial charge in [0.2, 0.25) is 0 Å². The van der Waals surface area contributed by atoms with Crippen molar-refractivity contribution < 1.29 is 15.7 Å². The standard InChI is InChI=1S/C19H23NO2.BrH.H2O/c1-3-14-15-9-10-20(2)12-17(13-7-5-4-6-8-13)16(15)11-18(21)19(14)22;;/h4-8,11,17,21-22H,3,9-10,12H2,1-2H3;1H;1H2. The lowest BCUT2D eigenvalue weighted by molar-refractivity contribution is 0.338. The Hall–Kier alpha value is -1.56. The molecule has 3 rings (SSSR count). The Balaban J connectivity index is 0.00000144. The average molecular weight is 396 g/mol. The van der Waals surface area contributed by atoms with Gasteiger partial charge in [-0.3, -0.25) is 0 Å².